The first-order valence-electron chi connectivity index (χ1n) is 4.49. The van der Waals surface area contributed by atoms with Crippen molar-refractivity contribution in [3.63, 3.8) is 0 Å². The zero-order valence-corrected chi connectivity index (χ0v) is 8.97. The van der Waals surface area contributed by atoms with Gasteiger partial charge in [-0.2, -0.15) is 0 Å². The lowest BCUT2D eigenvalue weighted by Gasteiger charge is -2.12. The zero-order chi connectivity index (χ0) is 10.6. The fourth-order valence-electron chi connectivity index (χ4n) is 1.49. The van der Waals surface area contributed by atoms with Crippen LogP contribution in [0.4, 0.5) is 0 Å². The maximum absolute atomic E-state index is 11.4. The molecule has 82 valence electrons. The lowest BCUT2D eigenvalue weighted by molar-refractivity contribution is 0.586. The maximum Gasteiger partial charge on any atom is 0.205 e. The zero-order valence-electron chi connectivity index (χ0n) is 8.16. The summed E-state index contributed by atoms with van der Waals surface area (Å²) in [5, 5.41) is 2.55. The minimum Gasteiger partial charge on any atom is -0.354 e. The van der Waals surface area contributed by atoms with E-state index in [0.29, 0.717) is 18.3 Å². The fraction of sp³-hybridized carbons (Fsp3) is 0.857. The number of nitrogens with zero attached hydrogens (tertiary/aromatic N) is 1. The minimum absolute atomic E-state index is 0.299. The van der Waals surface area contributed by atoms with Gasteiger partial charge in [-0.15, -0.1) is 0 Å². The molecular formula is C7H16N4O2S. The van der Waals surface area contributed by atoms with Gasteiger partial charge in [-0.1, -0.05) is 0 Å². The predicted octanol–water partition coefficient (Wildman–Crippen LogP) is -1.40. The number of nitrogens with two attached hydrogens (primary N) is 1. The summed E-state index contributed by atoms with van der Waals surface area (Å²) in [6.45, 7) is 0.374. The molecule has 4 N–H and O–H groups in total. The van der Waals surface area contributed by atoms with Crippen LogP contribution in [0.1, 0.15) is 12.8 Å². The molecule has 0 radical (unpaired) electrons. The number of rotatable bonds is 2. The average molecular weight is 220 g/mol. The first-order chi connectivity index (χ1) is 6.60. The molecule has 1 rings (SSSR count). The lowest BCUT2D eigenvalue weighted by Crippen LogP contribution is -2.45. The van der Waals surface area contributed by atoms with E-state index in [1.807, 2.05) is 0 Å². The van der Waals surface area contributed by atoms with E-state index in [9.17, 15) is 8.42 Å². The summed E-state index contributed by atoms with van der Waals surface area (Å²) in [7, 11) is -1.31. The van der Waals surface area contributed by atoms with Crippen molar-refractivity contribution >= 4 is 15.8 Å². The van der Waals surface area contributed by atoms with Crippen LogP contribution in [0.2, 0.25) is 0 Å². The van der Waals surface area contributed by atoms with Gasteiger partial charge in [0, 0.05) is 13.6 Å². The second-order valence-electron chi connectivity index (χ2n) is 3.23. The molecule has 7 heteroatoms. The van der Waals surface area contributed by atoms with Crippen molar-refractivity contribution in [3.8, 4) is 0 Å². The van der Waals surface area contributed by atoms with Crippen LogP contribution in [-0.4, -0.2) is 39.0 Å². The van der Waals surface area contributed by atoms with Crippen molar-refractivity contribution in [2.75, 3.05) is 19.3 Å². The van der Waals surface area contributed by atoms with E-state index in [1.165, 1.54) is 0 Å². The summed E-state index contributed by atoms with van der Waals surface area (Å²) in [4.78, 5) is 3.79. The molecule has 1 unspecified atom stereocenters. The predicted molar refractivity (Wildman–Crippen MR) is 55.5 cm³/mol. The third-order valence-corrected chi connectivity index (χ3v) is 4.60. The number of guanidine groups is 1. The van der Waals surface area contributed by atoms with Crippen LogP contribution in [0.5, 0.6) is 0 Å². The monoisotopic (exact) mass is 220 g/mol. The Hall–Kier alpha value is -0.820. The van der Waals surface area contributed by atoms with Gasteiger partial charge in [0.15, 0.2) is 9.84 Å². The Labute approximate surface area is 83.9 Å². The van der Waals surface area contributed by atoms with E-state index in [-0.39, 0.29) is 5.25 Å². The normalized spacial score (nSPS) is 26.1. The van der Waals surface area contributed by atoms with E-state index in [4.69, 9.17) is 5.84 Å². The number of sulfone groups is 1. The smallest absolute Gasteiger partial charge is 0.205 e. The van der Waals surface area contributed by atoms with E-state index in [1.54, 1.807) is 7.05 Å². The van der Waals surface area contributed by atoms with Crippen molar-refractivity contribution in [2.45, 2.75) is 18.1 Å². The number of aliphatic imine (C=N–C) groups is 1. The van der Waals surface area contributed by atoms with Gasteiger partial charge in [0.05, 0.1) is 11.0 Å². The van der Waals surface area contributed by atoms with Gasteiger partial charge in [0.25, 0.3) is 0 Å². The van der Waals surface area contributed by atoms with Gasteiger partial charge in [0.2, 0.25) is 5.96 Å². The Morgan fingerprint density at radius 1 is 1.64 bits per heavy atom. The first-order valence-corrected chi connectivity index (χ1v) is 6.20. The van der Waals surface area contributed by atoms with Crippen molar-refractivity contribution in [1.82, 2.24) is 10.7 Å². The van der Waals surface area contributed by atoms with Crippen LogP contribution in [0, 0.1) is 0 Å². The Bertz CT molecular complexity index is 312. The van der Waals surface area contributed by atoms with Crippen molar-refractivity contribution in [1.29, 1.82) is 0 Å². The van der Waals surface area contributed by atoms with Crippen LogP contribution >= 0.6 is 0 Å². The third kappa shape index (κ3) is 2.58. The van der Waals surface area contributed by atoms with Gasteiger partial charge in [-0.25, -0.2) is 14.3 Å². The quantitative estimate of drug-likeness (QED) is 0.230. The molecule has 1 aliphatic heterocycles. The highest BCUT2D eigenvalue weighted by molar-refractivity contribution is 7.92. The molecule has 0 saturated carbocycles. The van der Waals surface area contributed by atoms with Gasteiger partial charge < -0.3 is 5.32 Å². The van der Waals surface area contributed by atoms with Crippen LogP contribution in [0.3, 0.4) is 0 Å². The highest BCUT2D eigenvalue weighted by Crippen LogP contribution is 2.18. The molecule has 6 nitrogen and oxygen atoms in total. The van der Waals surface area contributed by atoms with Crippen LogP contribution < -0.4 is 16.6 Å². The molecule has 1 heterocycles. The molecule has 0 aliphatic carbocycles. The molecule has 1 atom stereocenters. The van der Waals surface area contributed by atoms with Crippen LogP contribution in [0.15, 0.2) is 4.99 Å². The Morgan fingerprint density at radius 2 is 2.36 bits per heavy atom. The Balaban J connectivity index is 2.46. The molecule has 0 aromatic rings. The number of hydrogen-bond acceptors (Lipinski definition) is 4. The van der Waals surface area contributed by atoms with Crippen LogP contribution in [0.25, 0.3) is 0 Å². The van der Waals surface area contributed by atoms with Gasteiger partial charge in [-0.05, 0) is 12.8 Å². The molecule has 1 saturated heterocycles. The maximum atomic E-state index is 11.4. The molecule has 0 spiro atoms. The Morgan fingerprint density at radius 3 is 2.79 bits per heavy atom. The summed E-state index contributed by atoms with van der Waals surface area (Å²) >= 11 is 0. The summed E-state index contributed by atoms with van der Waals surface area (Å²) in [6, 6.07) is 0. The number of hydrazine groups is 1. The van der Waals surface area contributed by atoms with Crippen molar-refractivity contribution in [2.24, 2.45) is 10.8 Å². The van der Waals surface area contributed by atoms with Gasteiger partial charge in [0.1, 0.15) is 0 Å². The standard InChI is InChI=1S/C7H16N4O2S/c1-9-7(11-8)10-5-6-3-2-4-14(6,12)13/h6H,2-5,8H2,1H3,(H2,9,10,11). The van der Waals surface area contributed by atoms with E-state index in [0.717, 1.165) is 12.8 Å². The second-order valence-corrected chi connectivity index (χ2v) is 5.63. The van der Waals surface area contributed by atoms with E-state index < -0.39 is 9.84 Å². The van der Waals surface area contributed by atoms with Crippen molar-refractivity contribution in [3.05, 3.63) is 0 Å². The van der Waals surface area contributed by atoms with E-state index >= 15 is 0 Å². The second kappa shape index (κ2) is 4.61. The lowest BCUT2D eigenvalue weighted by atomic mass is 10.2. The highest BCUT2D eigenvalue weighted by atomic mass is 32.2. The molecule has 14 heavy (non-hydrogen) atoms. The molecule has 1 fully saturated rings. The largest absolute Gasteiger partial charge is 0.354 e. The summed E-state index contributed by atoms with van der Waals surface area (Å²) in [6.07, 6.45) is 1.47. The van der Waals surface area contributed by atoms with E-state index in [2.05, 4.69) is 15.7 Å². The third-order valence-electron chi connectivity index (χ3n) is 2.32. The van der Waals surface area contributed by atoms with Gasteiger partial charge >= 0.3 is 0 Å². The molecule has 0 aromatic carbocycles. The van der Waals surface area contributed by atoms with Crippen LogP contribution in [-0.2, 0) is 9.84 Å². The average Bonchev–Trinajstić information content (AvgIpc) is 2.47. The first kappa shape index (κ1) is 11.3. The number of nitrogens with one attached hydrogen (secondary N) is 2. The molecule has 0 bridgehead atoms. The Kier molecular flexibility index (Phi) is 3.70. The highest BCUT2D eigenvalue weighted by Gasteiger charge is 2.30. The summed E-state index contributed by atoms with van der Waals surface area (Å²) in [5.74, 6) is 5.85. The SMILES string of the molecule is CN=C(NN)NCC1CCCS1(=O)=O. The molecule has 0 amide bonds. The minimum atomic E-state index is -2.89. The summed E-state index contributed by atoms with van der Waals surface area (Å²) < 4.78 is 22.8. The fourth-order valence-corrected chi connectivity index (χ4v) is 3.26. The summed E-state index contributed by atoms with van der Waals surface area (Å²) in [5.41, 5.74) is 2.35. The molecule has 1 aliphatic rings. The topological polar surface area (TPSA) is 96.6 Å². The van der Waals surface area contributed by atoms with Gasteiger partial charge in [-0.3, -0.25) is 10.4 Å². The number of hydrogen-bond donors (Lipinski definition) is 3. The molecule has 0 aromatic heterocycles. The van der Waals surface area contributed by atoms with Crippen molar-refractivity contribution < 1.29 is 8.42 Å². The molecular weight excluding hydrogens is 204 g/mol.